The van der Waals surface area contributed by atoms with Gasteiger partial charge in [-0.3, -0.25) is 9.59 Å². The molecule has 4 aromatic rings. The van der Waals surface area contributed by atoms with E-state index in [0.29, 0.717) is 17.9 Å². The van der Waals surface area contributed by atoms with Gasteiger partial charge in [0.05, 0.1) is 21.7 Å². The number of sulfonamides is 1. The van der Waals surface area contributed by atoms with Gasteiger partial charge in [-0.25, -0.2) is 8.42 Å². The number of nitrogens with zero attached hydrogens (tertiary/aromatic N) is 3. The Balaban J connectivity index is 1.55. The number of carbonyl (C=O) groups excluding carboxylic acids is 2. The highest BCUT2D eigenvalue weighted by molar-refractivity contribution is 7.89. The minimum atomic E-state index is -3.57. The van der Waals surface area contributed by atoms with Crippen LogP contribution in [-0.4, -0.2) is 48.9 Å². The van der Waals surface area contributed by atoms with Gasteiger partial charge in [0.25, 0.3) is 5.91 Å². The summed E-state index contributed by atoms with van der Waals surface area (Å²) in [5, 5.41) is 2.05. The molecule has 36 heavy (non-hydrogen) atoms. The van der Waals surface area contributed by atoms with Crippen molar-refractivity contribution in [2.45, 2.75) is 31.2 Å². The molecule has 1 saturated heterocycles. The van der Waals surface area contributed by atoms with Crippen molar-refractivity contribution in [3.63, 3.8) is 0 Å². The third kappa shape index (κ3) is 4.59. The first-order chi connectivity index (χ1) is 17.4. The van der Waals surface area contributed by atoms with Gasteiger partial charge in [-0.2, -0.15) is 9.30 Å². The van der Waals surface area contributed by atoms with Crippen molar-refractivity contribution in [3.05, 3.63) is 71.0 Å². The van der Waals surface area contributed by atoms with Crippen LogP contribution in [0.2, 0.25) is 0 Å². The Morgan fingerprint density at radius 3 is 2.44 bits per heavy atom. The predicted octanol–water partition coefficient (Wildman–Crippen LogP) is 3.94. The van der Waals surface area contributed by atoms with Crippen molar-refractivity contribution in [2.24, 2.45) is 4.99 Å². The van der Waals surface area contributed by atoms with Gasteiger partial charge in [0.15, 0.2) is 4.80 Å². The van der Waals surface area contributed by atoms with Crippen molar-refractivity contribution < 1.29 is 22.7 Å². The minimum Gasteiger partial charge on any atom is -0.465 e. The van der Waals surface area contributed by atoms with Gasteiger partial charge >= 0.3 is 5.97 Å². The summed E-state index contributed by atoms with van der Waals surface area (Å²) in [4.78, 5) is 30.3. The summed E-state index contributed by atoms with van der Waals surface area (Å²) < 4.78 is 34.8. The lowest BCUT2D eigenvalue weighted by atomic mass is 10.1. The van der Waals surface area contributed by atoms with E-state index in [4.69, 9.17) is 4.74 Å². The Morgan fingerprint density at radius 2 is 1.72 bits per heavy atom. The molecule has 8 nitrogen and oxygen atoms in total. The molecule has 186 valence electrons. The fourth-order valence-electron chi connectivity index (χ4n) is 4.37. The second-order valence-corrected chi connectivity index (χ2v) is 11.4. The monoisotopic (exact) mass is 523 g/mol. The van der Waals surface area contributed by atoms with E-state index in [0.717, 1.165) is 33.8 Å². The lowest BCUT2D eigenvalue weighted by molar-refractivity contribution is -0.143. The average molecular weight is 524 g/mol. The van der Waals surface area contributed by atoms with E-state index in [1.807, 2.05) is 36.4 Å². The highest BCUT2D eigenvalue weighted by Gasteiger charge is 2.27. The minimum absolute atomic E-state index is 0.0781. The van der Waals surface area contributed by atoms with Crippen LogP contribution in [0.5, 0.6) is 0 Å². The number of carbonyl (C=O) groups is 2. The summed E-state index contributed by atoms with van der Waals surface area (Å²) >= 11 is 1.33. The second-order valence-electron chi connectivity index (χ2n) is 8.46. The van der Waals surface area contributed by atoms with E-state index in [2.05, 4.69) is 4.99 Å². The number of hydrogen-bond acceptors (Lipinski definition) is 6. The summed E-state index contributed by atoms with van der Waals surface area (Å²) in [5.41, 5.74) is 1.05. The first kappa shape index (κ1) is 24.4. The van der Waals surface area contributed by atoms with Gasteiger partial charge < -0.3 is 9.30 Å². The molecule has 0 saturated carbocycles. The molecule has 0 radical (unpaired) electrons. The number of thiazole rings is 1. The molecule has 1 aliphatic rings. The van der Waals surface area contributed by atoms with Crippen LogP contribution in [0.1, 0.15) is 30.1 Å². The van der Waals surface area contributed by atoms with E-state index < -0.39 is 21.9 Å². The van der Waals surface area contributed by atoms with Crippen molar-refractivity contribution in [1.29, 1.82) is 0 Å². The number of esters is 1. The molecule has 1 aliphatic heterocycles. The maximum Gasteiger partial charge on any atom is 0.326 e. The molecule has 0 unspecified atom stereocenters. The normalized spacial score (nSPS) is 15.1. The number of ether oxygens (including phenoxy) is 1. The third-order valence-corrected chi connectivity index (χ3v) is 9.21. The van der Waals surface area contributed by atoms with Gasteiger partial charge in [0.1, 0.15) is 6.54 Å². The van der Waals surface area contributed by atoms with Crippen LogP contribution < -0.4 is 4.80 Å². The number of aromatic nitrogens is 1. The number of hydrogen-bond donors (Lipinski definition) is 0. The zero-order chi connectivity index (χ0) is 25.3. The Hall–Kier alpha value is -3.34. The molecular weight excluding hydrogens is 498 g/mol. The quantitative estimate of drug-likeness (QED) is 0.357. The molecule has 5 rings (SSSR count). The molecule has 0 atom stereocenters. The molecule has 3 aromatic carbocycles. The van der Waals surface area contributed by atoms with Crippen molar-refractivity contribution in [3.8, 4) is 0 Å². The fourth-order valence-corrected chi connectivity index (χ4v) is 7.05. The molecule has 10 heteroatoms. The molecule has 0 bridgehead atoms. The molecule has 1 amide bonds. The number of fused-ring (bicyclic) bond motifs is 3. The third-order valence-electron chi connectivity index (χ3n) is 6.17. The maximum atomic E-state index is 13.1. The first-order valence-electron chi connectivity index (χ1n) is 11.7. The van der Waals surface area contributed by atoms with Gasteiger partial charge in [0.2, 0.25) is 10.0 Å². The molecule has 0 N–H and O–H groups in total. The highest BCUT2D eigenvalue weighted by Crippen LogP contribution is 2.28. The number of amides is 1. The van der Waals surface area contributed by atoms with Crippen LogP contribution in [0.15, 0.2) is 70.6 Å². The topological polar surface area (TPSA) is 98.0 Å². The largest absolute Gasteiger partial charge is 0.465 e. The van der Waals surface area contributed by atoms with Gasteiger partial charge in [0, 0.05) is 24.0 Å². The Bertz CT molecular complexity index is 1630. The van der Waals surface area contributed by atoms with Gasteiger partial charge in [-0.05, 0) is 55.5 Å². The van der Waals surface area contributed by atoms with Gasteiger partial charge in [-0.1, -0.05) is 41.7 Å². The second kappa shape index (κ2) is 9.96. The molecular formula is C26H25N3O5S2. The lowest BCUT2D eigenvalue weighted by Gasteiger charge is -2.15. The lowest BCUT2D eigenvalue weighted by Crippen LogP contribution is -2.27. The molecule has 0 aliphatic carbocycles. The molecule has 1 aromatic heterocycles. The summed E-state index contributed by atoms with van der Waals surface area (Å²) in [6.07, 6.45) is 1.70. The summed E-state index contributed by atoms with van der Waals surface area (Å²) in [6.45, 7) is 2.94. The standard InChI is InChI=1S/C26H25N3O5S2/c1-2-34-23(30)17-29-22-14-11-18-7-3-4-8-21(18)24(22)35-26(29)27-25(31)19-9-12-20(13-10-19)36(32,33)28-15-5-6-16-28/h3-4,7-14H,2,5-6,15-17H2,1H3. The number of rotatable bonds is 6. The smallest absolute Gasteiger partial charge is 0.326 e. The zero-order valence-electron chi connectivity index (χ0n) is 19.7. The fraction of sp³-hybridized carbons (Fsp3) is 0.269. The summed E-state index contributed by atoms with van der Waals surface area (Å²) in [7, 11) is -3.57. The average Bonchev–Trinajstić information content (AvgIpc) is 3.54. The van der Waals surface area contributed by atoms with Crippen LogP contribution >= 0.6 is 11.3 Å². The molecule has 0 spiro atoms. The van der Waals surface area contributed by atoms with E-state index >= 15 is 0 Å². The molecule has 2 heterocycles. The summed E-state index contributed by atoms with van der Waals surface area (Å²) in [6, 6.07) is 17.6. The van der Waals surface area contributed by atoms with Gasteiger partial charge in [-0.15, -0.1) is 0 Å². The van der Waals surface area contributed by atoms with Crippen LogP contribution in [0.3, 0.4) is 0 Å². The van der Waals surface area contributed by atoms with Crippen molar-refractivity contribution in [1.82, 2.24) is 8.87 Å². The SMILES string of the molecule is CCOC(=O)Cn1c(=NC(=O)c2ccc(S(=O)(=O)N3CCCC3)cc2)sc2c3ccccc3ccc21. The Morgan fingerprint density at radius 1 is 1.00 bits per heavy atom. The predicted molar refractivity (Wildman–Crippen MR) is 138 cm³/mol. The van der Waals surface area contributed by atoms with Crippen LogP contribution in [0.25, 0.3) is 21.0 Å². The van der Waals surface area contributed by atoms with E-state index in [-0.39, 0.29) is 23.6 Å². The maximum absolute atomic E-state index is 13.1. The zero-order valence-corrected chi connectivity index (χ0v) is 21.3. The first-order valence-corrected chi connectivity index (χ1v) is 14.0. The molecule has 1 fully saturated rings. The van der Waals surface area contributed by atoms with E-state index in [9.17, 15) is 18.0 Å². The van der Waals surface area contributed by atoms with E-state index in [1.54, 1.807) is 11.5 Å². The van der Waals surface area contributed by atoms with Crippen molar-refractivity contribution >= 4 is 54.2 Å². The number of benzene rings is 3. The summed E-state index contributed by atoms with van der Waals surface area (Å²) in [5.74, 6) is -0.940. The highest BCUT2D eigenvalue weighted by atomic mass is 32.2. The van der Waals surface area contributed by atoms with Crippen molar-refractivity contribution in [2.75, 3.05) is 19.7 Å². The van der Waals surface area contributed by atoms with Crippen LogP contribution in [0, 0.1) is 0 Å². The van der Waals surface area contributed by atoms with Crippen LogP contribution in [-0.2, 0) is 26.1 Å². The van der Waals surface area contributed by atoms with Crippen LogP contribution in [0.4, 0.5) is 0 Å². The van der Waals surface area contributed by atoms with E-state index in [1.165, 1.54) is 39.9 Å². The Kier molecular flexibility index (Phi) is 6.74. The Labute approximate surface area is 212 Å².